The van der Waals surface area contributed by atoms with Gasteiger partial charge in [-0.1, -0.05) is 64.8 Å². The standard InChI is InChI=1S/C18H12Cl3NO3S2/c1-24-14-6-10(7-15-17(23)22-18(26)27-15)5-13(21)16(14)25-8-9-2-3-11(19)12(20)4-9/h2-7H,8H2,1H3,(H,22,23,26)/b15-7-. The highest BCUT2D eigenvalue weighted by Crippen LogP contribution is 2.38. The Morgan fingerprint density at radius 1 is 1.15 bits per heavy atom. The summed E-state index contributed by atoms with van der Waals surface area (Å²) < 4.78 is 11.6. The van der Waals surface area contributed by atoms with E-state index in [4.69, 9.17) is 56.5 Å². The Kier molecular flexibility index (Phi) is 6.55. The van der Waals surface area contributed by atoms with Crippen LogP contribution in [0.3, 0.4) is 0 Å². The number of thiocarbonyl (C=S) groups is 1. The minimum atomic E-state index is -0.236. The number of hydrogen-bond acceptors (Lipinski definition) is 5. The maximum atomic E-state index is 11.8. The highest BCUT2D eigenvalue weighted by Gasteiger charge is 2.22. The molecule has 0 aromatic heterocycles. The van der Waals surface area contributed by atoms with Gasteiger partial charge >= 0.3 is 0 Å². The molecule has 0 spiro atoms. The van der Waals surface area contributed by atoms with Gasteiger partial charge in [0.05, 0.1) is 27.1 Å². The van der Waals surface area contributed by atoms with Crippen LogP contribution in [-0.4, -0.2) is 17.3 Å². The fourth-order valence-electron chi connectivity index (χ4n) is 2.32. The monoisotopic (exact) mass is 459 g/mol. The maximum Gasteiger partial charge on any atom is 0.263 e. The first-order valence-corrected chi connectivity index (χ1v) is 9.92. The molecule has 9 heteroatoms. The lowest BCUT2D eigenvalue weighted by atomic mass is 10.1. The lowest BCUT2D eigenvalue weighted by molar-refractivity contribution is -0.115. The van der Waals surface area contributed by atoms with Crippen molar-refractivity contribution >= 4 is 75.1 Å². The number of amides is 1. The van der Waals surface area contributed by atoms with E-state index in [9.17, 15) is 4.79 Å². The highest BCUT2D eigenvalue weighted by atomic mass is 35.5. The average molecular weight is 461 g/mol. The number of benzene rings is 2. The third-order valence-electron chi connectivity index (χ3n) is 3.56. The molecule has 2 aromatic carbocycles. The van der Waals surface area contributed by atoms with Crippen LogP contribution < -0.4 is 14.8 Å². The van der Waals surface area contributed by atoms with Gasteiger partial charge in [0.15, 0.2) is 11.5 Å². The normalized spacial score (nSPS) is 15.2. The lowest BCUT2D eigenvalue weighted by Gasteiger charge is -2.14. The van der Waals surface area contributed by atoms with Gasteiger partial charge in [0.1, 0.15) is 10.9 Å². The lowest BCUT2D eigenvalue weighted by Crippen LogP contribution is -2.17. The van der Waals surface area contributed by atoms with Crippen molar-refractivity contribution in [3.63, 3.8) is 0 Å². The van der Waals surface area contributed by atoms with E-state index in [0.29, 0.717) is 41.4 Å². The first-order valence-electron chi connectivity index (χ1n) is 7.56. The van der Waals surface area contributed by atoms with Crippen LogP contribution in [0, 0.1) is 0 Å². The fraction of sp³-hybridized carbons (Fsp3) is 0.111. The minimum absolute atomic E-state index is 0.236. The summed E-state index contributed by atoms with van der Waals surface area (Å²) in [6.45, 7) is 0.236. The van der Waals surface area contributed by atoms with E-state index in [0.717, 1.165) is 5.56 Å². The van der Waals surface area contributed by atoms with Gasteiger partial charge in [-0.3, -0.25) is 4.79 Å². The average Bonchev–Trinajstić information content (AvgIpc) is 2.93. The second-order valence-electron chi connectivity index (χ2n) is 5.42. The van der Waals surface area contributed by atoms with E-state index in [2.05, 4.69) is 5.32 Å². The molecular formula is C18H12Cl3NO3S2. The third kappa shape index (κ3) is 4.89. The smallest absolute Gasteiger partial charge is 0.263 e. The van der Waals surface area contributed by atoms with Crippen LogP contribution in [0.4, 0.5) is 0 Å². The quantitative estimate of drug-likeness (QED) is 0.456. The predicted octanol–water partition coefficient (Wildman–Crippen LogP) is 5.72. The van der Waals surface area contributed by atoms with Crippen LogP contribution in [0.1, 0.15) is 11.1 Å². The number of methoxy groups -OCH3 is 1. The van der Waals surface area contributed by atoms with Crippen LogP contribution in [0.5, 0.6) is 11.5 Å². The van der Waals surface area contributed by atoms with Crippen molar-refractivity contribution in [2.75, 3.05) is 7.11 Å². The van der Waals surface area contributed by atoms with E-state index in [1.165, 1.54) is 18.9 Å². The van der Waals surface area contributed by atoms with Gasteiger partial charge in [0, 0.05) is 0 Å². The molecule has 0 saturated carbocycles. The zero-order chi connectivity index (χ0) is 19.6. The Morgan fingerprint density at radius 3 is 2.56 bits per heavy atom. The SMILES string of the molecule is COc1cc(/C=C2\SC(=S)NC2=O)cc(Cl)c1OCc1ccc(Cl)c(Cl)c1. The van der Waals surface area contributed by atoms with E-state index in [1.54, 1.807) is 30.3 Å². The molecule has 1 saturated heterocycles. The van der Waals surface area contributed by atoms with Crippen molar-refractivity contribution in [3.8, 4) is 11.5 Å². The third-order valence-corrected chi connectivity index (χ3v) is 5.74. The molecule has 1 N–H and O–H groups in total. The predicted molar refractivity (Wildman–Crippen MR) is 115 cm³/mol. The van der Waals surface area contributed by atoms with E-state index in [1.807, 2.05) is 6.07 Å². The van der Waals surface area contributed by atoms with Crippen LogP contribution in [0.2, 0.25) is 15.1 Å². The van der Waals surface area contributed by atoms with E-state index >= 15 is 0 Å². The summed E-state index contributed by atoms with van der Waals surface area (Å²) in [5.41, 5.74) is 1.53. The van der Waals surface area contributed by atoms with Crippen LogP contribution in [0.15, 0.2) is 35.2 Å². The molecule has 140 valence electrons. The first kappa shape index (κ1) is 20.3. The Labute approximate surface area is 180 Å². The van der Waals surface area contributed by atoms with Crippen LogP contribution in [0.25, 0.3) is 6.08 Å². The largest absolute Gasteiger partial charge is 0.493 e. The molecule has 0 aliphatic carbocycles. The van der Waals surface area contributed by atoms with Crippen LogP contribution >= 0.6 is 58.8 Å². The maximum absolute atomic E-state index is 11.8. The number of rotatable bonds is 5. The van der Waals surface area contributed by atoms with Gasteiger partial charge in [0.25, 0.3) is 5.91 Å². The summed E-state index contributed by atoms with van der Waals surface area (Å²) in [6.07, 6.45) is 1.69. The summed E-state index contributed by atoms with van der Waals surface area (Å²) in [7, 11) is 1.51. The number of carbonyl (C=O) groups is 1. The zero-order valence-corrected chi connectivity index (χ0v) is 17.7. The molecule has 27 heavy (non-hydrogen) atoms. The summed E-state index contributed by atoms with van der Waals surface area (Å²) in [5.74, 6) is 0.604. The number of ether oxygens (including phenoxy) is 2. The molecule has 2 aromatic rings. The van der Waals surface area contributed by atoms with Crippen molar-refractivity contribution < 1.29 is 14.3 Å². The van der Waals surface area contributed by atoms with Gasteiger partial charge in [-0.05, 0) is 41.5 Å². The Hall–Kier alpha value is -1.44. The molecule has 1 aliphatic rings. The fourth-order valence-corrected chi connectivity index (χ4v) is 3.96. The molecule has 0 atom stereocenters. The van der Waals surface area contributed by atoms with Gasteiger partial charge in [-0.2, -0.15) is 0 Å². The molecular weight excluding hydrogens is 449 g/mol. The van der Waals surface area contributed by atoms with Crippen molar-refractivity contribution in [1.82, 2.24) is 5.32 Å². The molecule has 0 radical (unpaired) electrons. The summed E-state index contributed by atoms with van der Waals surface area (Å²) in [5, 5.41) is 3.84. The summed E-state index contributed by atoms with van der Waals surface area (Å²) >= 11 is 24.5. The molecule has 1 heterocycles. The first-order chi connectivity index (χ1) is 12.9. The van der Waals surface area contributed by atoms with Gasteiger partial charge in [-0.15, -0.1) is 0 Å². The second kappa shape index (κ2) is 8.71. The highest BCUT2D eigenvalue weighted by molar-refractivity contribution is 8.26. The Balaban J connectivity index is 1.84. The van der Waals surface area contributed by atoms with E-state index in [-0.39, 0.29) is 12.5 Å². The topological polar surface area (TPSA) is 47.6 Å². The molecule has 3 rings (SSSR count). The van der Waals surface area contributed by atoms with Gasteiger partial charge in [0.2, 0.25) is 0 Å². The molecule has 1 amide bonds. The summed E-state index contributed by atoms with van der Waals surface area (Å²) in [4.78, 5) is 12.3. The van der Waals surface area contributed by atoms with Crippen LogP contribution in [-0.2, 0) is 11.4 Å². The molecule has 1 fully saturated rings. The van der Waals surface area contributed by atoms with Crippen molar-refractivity contribution in [3.05, 3.63) is 61.4 Å². The molecule has 0 bridgehead atoms. The van der Waals surface area contributed by atoms with Gasteiger partial charge < -0.3 is 14.8 Å². The van der Waals surface area contributed by atoms with Crippen molar-refractivity contribution in [2.45, 2.75) is 6.61 Å². The number of carbonyl (C=O) groups excluding carboxylic acids is 1. The van der Waals surface area contributed by atoms with E-state index < -0.39 is 0 Å². The Morgan fingerprint density at radius 2 is 1.93 bits per heavy atom. The Bertz CT molecular complexity index is 963. The van der Waals surface area contributed by atoms with Gasteiger partial charge in [-0.25, -0.2) is 0 Å². The summed E-state index contributed by atoms with van der Waals surface area (Å²) in [6, 6.07) is 8.66. The molecule has 4 nitrogen and oxygen atoms in total. The second-order valence-corrected chi connectivity index (χ2v) is 8.36. The number of hydrogen-bond donors (Lipinski definition) is 1. The van der Waals surface area contributed by atoms with Crippen molar-refractivity contribution in [1.29, 1.82) is 0 Å². The molecule has 1 aliphatic heterocycles. The molecule has 0 unspecified atom stereocenters. The minimum Gasteiger partial charge on any atom is -0.493 e. The zero-order valence-electron chi connectivity index (χ0n) is 13.8. The number of nitrogens with one attached hydrogen (secondary N) is 1. The van der Waals surface area contributed by atoms with Crippen molar-refractivity contribution in [2.24, 2.45) is 0 Å². The number of halogens is 3. The number of thioether (sulfide) groups is 1.